The number of halogens is 1. The molecule has 2 rings (SSSR count). The number of rotatable bonds is 2. The Morgan fingerprint density at radius 2 is 2.11 bits per heavy atom. The lowest BCUT2D eigenvalue weighted by molar-refractivity contribution is 0.997. The Morgan fingerprint density at radius 3 is 2.67 bits per heavy atom. The van der Waals surface area contributed by atoms with Crippen molar-refractivity contribution in [3.05, 3.63) is 15.7 Å². The van der Waals surface area contributed by atoms with Crippen LogP contribution in [0, 0.1) is 18.3 Å². The Kier molecular flexibility index (Phi) is 3.27. The summed E-state index contributed by atoms with van der Waals surface area (Å²) in [6, 6.07) is 1.95. The summed E-state index contributed by atoms with van der Waals surface area (Å²) < 4.78 is 0. The Bertz CT molecular complexity index is 632. The predicted octanol–water partition coefficient (Wildman–Crippen LogP) is 1.51. The zero-order valence-electron chi connectivity index (χ0n) is 9.55. The van der Waals surface area contributed by atoms with Crippen LogP contribution in [0.3, 0.4) is 0 Å². The molecule has 0 saturated heterocycles. The van der Waals surface area contributed by atoms with Gasteiger partial charge in [-0.1, -0.05) is 22.9 Å². The van der Waals surface area contributed by atoms with Gasteiger partial charge in [0.15, 0.2) is 11.0 Å². The highest BCUT2D eigenvalue weighted by molar-refractivity contribution is 7.15. The van der Waals surface area contributed by atoms with Crippen LogP contribution in [-0.2, 0) is 0 Å². The summed E-state index contributed by atoms with van der Waals surface area (Å²) in [4.78, 5) is 9.36. The zero-order chi connectivity index (χ0) is 13.3. The fraction of sp³-hybridized carbons (Fsp3) is 0.222. The molecule has 0 radical (unpaired) electrons. The molecule has 18 heavy (non-hydrogen) atoms. The van der Waals surface area contributed by atoms with Gasteiger partial charge in [-0.05, 0) is 6.92 Å². The monoisotopic (exact) mass is 281 g/mol. The molecule has 0 aliphatic carbocycles. The third-order valence-electron chi connectivity index (χ3n) is 2.09. The van der Waals surface area contributed by atoms with Gasteiger partial charge in [-0.25, -0.2) is 0 Å². The van der Waals surface area contributed by atoms with E-state index in [1.807, 2.05) is 13.0 Å². The number of nitrogens with zero attached hydrogens (tertiary/aromatic N) is 6. The molecule has 0 bridgehead atoms. The number of aromatic nitrogens is 4. The molecular formula is C9H8ClN7S. The van der Waals surface area contributed by atoms with E-state index in [9.17, 15) is 0 Å². The van der Waals surface area contributed by atoms with E-state index in [2.05, 4.69) is 20.2 Å². The first-order valence-electron chi connectivity index (χ1n) is 4.80. The van der Waals surface area contributed by atoms with Gasteiger partial charge in [0.05, 0.1) is 0 Å². The van der Waals surface area contributed by atoms with Crippen LogP contribution in [0.2, 0.25) is 5.15 Å². The number of nitrogen functional groups attached to an aromatic ring is 1. The molecule has 0 amide bonds. The maximum absolute atomic E-state index is 9.08. The van der Waals surface area contributed by atoms with E-state index in [0.717, 1.165) is 5.01 Å². The minimum absolute atomic E-state index is 0.00193. The third-order valence-corrected chi connectivity index (χ3v) is 3.28. The fourth-order valence-electron chi connectivity index (χ4n) is 1.29. The van der Waals surface area contributed by atoms with Crippen LogP contribution >= 0.6 is 22.9 Å². The molecule has 0 aliphatic rings. The second kappa shape index (κ2) is 4.72. The molecule has 0 saturated carbocycles. The molecule has 0 fully saturated rings. The molecule has 2 N–H and O–H groups in total. The third kappa shape index (κ3) is 2.18. The summed E-state index contributed by atoms with van der Waals surface area (Å²) in [6.45, 7) is 1.83. The van der Waals surface area contributed by atoms with Gasteiger partial charge >= 0.3 is 0 Å². The Labute approximate surface area is 112 Å². The molecule has 2 heterocycles. The number of hydrogen-bond donors (Lipinski definition) is 1. The van der Waals surface area contributed by atoms with Gasteiger partial charge in [0, 0.05) is 7.05 Å². The number of aryl methyl sites for hydroxylation is 1. The summed E-state index contributed by atoms with van der Waals surface area (Å²) in [5.41, 5.74) is 5.68. The number of nitrogens with two attached hydrogens (primary N) is 1. The largest absolute Gasteiger partial charge is 0.368 e. The van der Waals surface area contributed by atoms with Crippen LogP contribution in [0.5, 0.6) is 0 Å². The lowest BCUT2D eigenvalue weighted by Crippen LogP contribution is -2.15. The van der Waals surface area contributed by atoms with Crippen LogP contribution < -0.4 is 10.6 Å². The molecule has 0 aliphatic heterocycles. The van der Waals surface area contributed by atoms with Crippen LogP contribution in [0.15, 0.2) is 0 Å². The van der Waals surface area contributed by atoms with Crippen LogP contribution in [0.1, 0.15) is 10.6 Å². The minimum Gasteiger partial charge on any atom is -0.368 e. The molecule has 2 aromatic rings. The average Bonchev–Trinajstić information content (AvgIpc) is 2.74. The first kappa shape index (κ1) is 12.5. The number of anilines is 3. The van der Waals surface area contributed by atoms with Gasteiger partial charge in [-0.3, -0.25) is 0 Å². The van der Waals surface area contributed by atoms with Crippen molar-refractivity contribution in [2.24, 2.45) is 0 Å². The van der Waals surface area contributed by atoms with Crippen LogP contribution in [0.25, 0.3) is 0 Å². The Balaban J connectivity index is 2.54. The standard InChI is InChI=1S/C9H8ClN7S/c1-4-15-16-9(18-4)17(2)7-5(3-11)6(10)13-8(12)14-7/h1-2H3,(H2,12,13,14). The second-order valence-electron chi connectivity index (χ2n) is 3.35. The lowest BCUT2D eigenvalue weighted by atomic mass is 10.3. The highest BCUT2D eigenvalue weighted by Crippen LogP contribution is 2.30. The van der Waals surface area contributed by atoms with E-state index >= 15 is 0 Å². The van der Waals surface area contributed by atoms with Crippen molar-refractivity contribution in [2.45, 2.75) is 6.92 Å². The second-order valence-corrected chi connectivity index (χ2v) is 4.86. The van der Waals surface area contributed by atoms with Crippen molar-refractivity contribution in [1.29, 1.82) is 5.26 Å². The van der Waals surface area contributed by atoms with Crippen LogP contribution in [0.4, 0.5) is 16.9 Å². The van der Waals surface area contributed by atoms with Gasteiger partial charge in [-0.2, -0.15) is 15.2 Å². The molecule has 0 aromatic carbocycles. The normalized spacial score (nSPS) is 10.1. The van der Waals surface area contributed by atoms with Crippen molar-refractivity contribution in [3.8, 4) is 6.07 Å². The predicted molar refractivity (Wildman–Crippen MR) is 68.9 cm³/mol. The van der Waals surface area contributed by atoms with E-state index in [4.69, 9.17) is 22.6 Å². The minimum atomic E-state index is 0.00193. The van der Waals surface area contributed by atoms with Gasteiger partial charge in [0.1, 0.15) is 16.6 Å². The lowest BCUT2D eigenvalue weighted by Gasteiger charge is -2.15. The molecule has 92 valence electrons. The van der Waals surface area contributed by atoms with Crippen molar-refractivity contribution in [3.63, 3.8) is 0 Å². The van der Waals surface area contributed by atoms with Gasteiger partial charge in [-0.15, -0.1) is 10.2 Å². The van der Waals surface area contributed by atoms with Gasteiger partial charge in [0.25, 0.3) is 0 Å². The summed E-state index contributed by atoms with van der Waals surface area (Å²) in [5.74, 6) is 0.313. The van der Waals surface area contributed by atoms with E-state index in [1.54, 1.807) is 11.9 Å². The summed E-state index contributed by atoms with van der Waals surface area (Å²) >= 11 is 7.23. The number of hydrogen-bond acceptors (Lipinski definition) is 8. The summed E-state index contributed by atoms with van der Waals surface area (Å²) in [6.07, 6.45) is 0. The van der Waals surface area contributed by atoms with Gasteiger partial charge < -0.3 is 10.6 Å². The molecule has 7 nitrogen and oxygen atoms in total. The molecule has 0 spiro atoms. The molecule has 0 atom stereocenters. The maximum Gasteiger partial charge on any atom is 0.223 e. The molecule has 0 unspecified atom stereocenters. The molecule has 9 heteroatoms. The first-order chi connectivity index (χ1) is 8.52. The zero-order valence-corrected chi connectivity index (χ0v) is 11.1. The fourth-order valence-corrected chi connectivity index (χ4v) is 2.15. The number of nitriles is 1. The van der Waals surface area contributed by atoms with E-state index in [1.165, 1.54) is 11.3 Å². The smallest absolute Gasteiger partial charge is 0.223 e. The maximum atomic E-state index is 9.08. The highest BCUT2D eigenvalue weighted by atomic mass is 35.5. The average molecular weight is 282 g/mol. The van der Waals surface area contributed by atoms with Crippen molar-refractivity contribution in [2.75, 3.05) is 17.7 Å². The molecule has 2 aromatic heterocycles. The summed E-state index contributed by atoms with van der Waals surface area (Å²) in [5, 5.41) is 18.4. The van der Waals surface area contributed by atoms with E-state index < -0.39 is 0 Å². The van der Waals surface area contributed by atoms with Crippen LogP contribution in [-0.4, -0.2) is 27.2 Å². The van der Waals surface area contributed by atoms with E-state index in [-0.39, 0.29) is 16.7 Å². The van der Waals surface area contributed by atoms with Crippen molar-refractivity contribution in [1.82, 2.24) is 20.2 Å². The quantitative estimate of drug-likeness (QED) is 0.832. The van der Waals surface area contributed by atoms with Gasteiger partial charge in [0.2, 0.25) is 11.1 Å². The van der Waals surface area contributed by atoms with Crippen molar-refractivity contribution < 1.29 is 0 Å². The first-order valence-corrected chi connectivity index (χ1v) is 5.99. The summed E-state index contributed by atoms with van der Waals surface area (Å²) in [7, 11) is 1.71. The highest BCUT2D eigenvalue weighted by Gasteiger charge is 2.18. The SMILES string of the molecule is Cc1nnc(N(C)c2nc(N)nc(Cl)c2C#N)s1. The molecular weight excluding hydrogens is 274 g/mol. The Morgan fingerprint density at radius 1 is 1.39 bits per heavy atom. The van der Waals surface area contributed by atoms with Crippen molar-refractivity contribution >= 4 is 39.8 Å². The topological polar surface area (TPSA) is 105 Å². The van der Waals surface area contributed by atoms with E-state index in [0.29, 0.717) is 10.9 Å². The Hall–Kier alpha value is -1.98.